The lowest BCUT2D eigenvalue weighted by Crippen LogP contribution is -2.67. The van der Waals surface area contributed by atoms with Gasteiger partial charge in [0.1, 0.15) is 24.5 Å². The molecule has 1 amide bonds. The molecule has 1 aliphatic heterocycles. The molecule has 1 aliphatic rings. The van der Waals surface area contributed by atoms with E-state index < -0.39 is 60.4 Å². The van der Waals surface area contributed by atoms with Crippen LogP contribution in [0.15, 0.2) is 24.3 Å². The average Bonchev–Trinajstić information content (AvgIpc) is 2.71. The zero-order chi connectivity index (χ0) is 25.4. The summed E-state index contributed by atoms with van der Waals surface area (Å²) >= 11 is 0. The summed E-state index contributed by atoms with van der Waals surface area (Å²) in [6.45, 7) is 4.34. The fraction of sp³-hybridized carbons (Fsp3) is 0.500. The van der Waals surface area contributed by atoms with E-state index in [-0.39, 0.29) is 18.8 Å². The Bertz CT molecular complexity index is 914. The van der Waals surface area contributed by atoms with Crippen molar-refractivity contribution >= 4 is 29.8 Å². The Morgan fingerprint density at radius 2 is 1.50 bits per heavy atom. The van der Waals surface area contributed by atoms with E-state index in [0.29, 0.717) is 5.56 Å². The minimum absolute atomic E-state index is 0.183. The molecule has 0 saturated carbocycles. The molecule has 0 spiro atoms. The second-order valence-electron chi connectivity index (χ2n) is 7.55. The number of rotatable bonds is 9. The third-order valence-electron chi connectivity index (χ3n) is 4.60. The Morgan fingerprint density at radius 3 is 2.00 bits per heavy atom. The summed E-state index contributed by atoms with van der Waals surface area (Å²) in [4.78, 5) is 57.8. The van der Waals surface area contributed by atoms with E-state index in [9.17, 15) is 24.0 Å². The van der Waals surface area contributed by atoms with Crippen LogP contribution in [0.2, 0.25) is 0 Å². The minimum atomic E-state index is -1.26. The Balaban J connectivity index is 2.40. The first-order valence-corrected chi connectivity index (χ1v) is 10.3. The van der Waals surface area contributed by atoms with Crippen LogP contribution in [0.3, 0.4) is 0 Å². The number of aliphatic carboxylic acids is 1. The standard InChI is InChI=1S/C22H27NO11/c1-11(24)23-19-21(32-14(4)27)20(31-13(3)26)17(10-30-12(2)25)34-22(19)33-16-7-5-15(6-8-16)9-18(28)29/h5-8,17,19-22H,9-10H2,1-4H3,(H,23,24)(H,28,29). The van der Waals surface area contributed by atoms with Crippen molar-refractivity contribution in [1.82, 2.24) is 5.32 Å². The lowest BCUT2D eigenvalue weighted by atomic mass is 9.96. The third-order valence-corrected chi connectivity index (χ3v) is 4.60. The Kier molecular flexibility index (Phi) is 9.36. The largest absolute Gasteiger partial charge is 0.481 e. The van der Waals surface area contributed by atoms with Crippen molar-refractivity contribution in [1.29, 1.82) is 0 Å². The molecule has 5 atom stereocenters. The predicted molar refractivity (Wildman–Crippen MR) is 112 cm³/mol. The summed E-state index contributed by atoms with van der Waals surface area (Å²) in [5.41, 5.74) is 0.531. The normalized spacial score (nSPS) is 23.8. The van der Waals surface area contributed by atoms with Gasteiger partial charge in [-0.15, -0.1) is 0 Å². The van der Waals surface area contributed by atoms with E-state index in [1.165, 1.54) is 26.0 Å². The molecular weight excluding hydrogens is 454 g/mol. The number of carbonyl (C=O) groups is 5. The van der Waals surface area contributed by atoms with Gasteiger partial charge in [0.25, 0.3) is 0 Å². The van der Waals surface area contributed by atoms with Gasteiger partial charge in [0, 0.05) is 27.7 Å². The number of carboxylic acids is 1. The Hall–Kier alpha value is -3.67. The molecule has 1 aromatic rings. The van der Waals surface area contributed by atoms with Crippen LogP contribution >= 0.6 is 0 Å². The van der Waals surface area contributed by atoms with Gasteiger partial charge in [0.15, 0.2) is 12.2 Å². The fourth-order valence-corrected chi connectivity index (χ4v) is 3.39. The molecule has 0 aromatic heterocycles. The molecule has 1 fully saturated rings. The van der Waals surface area contributed by atoms with Crippen molar-refractivity contribution in [2.45, 2.75) is 64.8 Å². The van der Waals surface area contributed by atoms with E-state index in [0.717, 1.165) is 13.8 Å². The summed E-state index contributed by atoms with van der Waals surface area (Å²) in [5, 5.41) is 11.5. The molecule has 2 N–H and O–H groups in total. The van der Waals surface area contributed by atoms with Gasteiger partial charge in [-0.3, -0.25) is 24.0 Å². The molecule has 0 bridgehead atoms. The molecule has 186 valence electrons. The topological polar surface area (TPSA) is 164 Å². The molecule has 5 unspecified atom stereocenters. The highest BCUT2D eigenvalue weighted by Crippen LogP contribution is 2.29. The van der Waals surface area contributed by atoms with Crippen LogP contribution in [-0.4, -0.2) is 72.1 Å². The number of esters is 3. The van der Waals surface area contributed by atoms with Crippen molar-refractivity contribution in [2.24, 2.45) is 0 Å². The van der Waals surface area contributed by atoms with Crippen molar-refractivity contribution in [3.05, 3.63) is 29.8 Å². The number of hydrogen-bond acceptors (Lipinski definition) is 10. The summed E-state index contributed by atoms with van der Waals surface area (Å²) in [6, 6.07) is 4.99. The highest BCUT2D eigenvalue weighted by atomic mass is 16.7. The molecule has 2 rings (SSSR count). The van der Waals surface area contributed by atoms with Crippen molar-refractivity contribution in [2.75, 3.05) is 6.61 Å². The van der Waals surface area contributed by atoms with Gasteiger partial charge in [0.2, 0.25) is 12.2 Å². The van der Waals surface area contributed by atoms with Crippen LogP contribution < -0.4 is 10.1 Å². The van der Waals surface area contributed by atoms with Crippen LogP contribution in [0.4, 0.5) is 0 Å². The maximum atomic E-state index is 11.9. The van der Waals surface area contributed by atoms with E-state index in [2.05, 4.69) is 5.32 Å². The number of carbonyl (C=O) groups excluding carboxylic acids is 4. The first kappa shape index (κ1) is 26.6. The molecule has 12 heteroatoms. The summed E-state index contributed by atoms with van der Waals surface area (Å²) < 4.78 is 27.5. The van der Waals surface area contributed by atoms with Crippen molar-refractivity contribution < 1.29 is 52.8 Å². The van der Waals surface area contributed by atoms with Gasteiger partial charge < -0.3 is 34.1 Å². The fourth-order valence-electron chi connectivity index (χ4n) is 3.39. The Morgan fingerprint density at radius 1 is 0.912 bits per heavy atom. The number of carboxylic acid groups (broad SMARTS) is 1. The average molecular weight is 481 g/mol. The van der Waals surface area contributed by atoms with Gasteiger partial charge in [-0.25, -0.2) is 0 Å². The van der Waals surface area contributed by atoms with Gasteiger partial charge >= 0.3 is 23.9 Å². The lowest BCUT2D eigenvalue weighted by Gasteiger charge is -2.44. The zero-order valence-corrected chi connectivity index (χ0v) is 19.1. The van der Waals surface area contributed by atoms with Crippen LogP contribution in [-0.2, 0) is 49.3 Å². The van der Waals surface area contributed by atoms with Crippen molar-refractivity contribution in [3.63, 3.8) is 0 Å². The second-order valence-corrected chi connectivity index (χ2v) is 7.55. The Labute approximate surface area is 195 Å². The molecular formula is C22H27NO11. The first-order valence-electron chi connectivity index (χ1n) is 10.3. The highest BCUT2D eigenvalue weighted by Gasteiger charge is 2.51. The number of hydrogen-bond donors (Lipinski definition) is 2. The molecule has 0 aliphatic carbocycles. The lowest BCUT2D eigenvalue weighted by molar-refractivity contribution is -0.257. The predicted octanol–water partition coefficient (Wildman–Crippen LogP) is 0.349. The number of nitrogens with one attached hydrogen (secondary N) is 1. The van der Waals surface area contributed by atoms with Gasteiger partial charge in [0.05, 0.1) is 6.42 Å². The quantitative estimate of drug-likeness (QED) is 0.369. The number of benzene rings is 1. The third kappa shape index (κ3) is 8.03. The molecule has 1 saturated heterocycles. The van der Waals surface area contributed by atoms with E-state index in [1.54, 1.807) is 12.1 Å². The van der Waals surface area contributed by atoms with Crippen LogP contribution in [0.25, 0.3) is 0 Å². The van der Waals surface area contributed by atoms with Crippen molar-refractivity contribution in [3.8, 4) is 5.75 Å². The van der Waals surface area contributed by atoms with E-state index in [1.807, 2.05) is 0 Å². The second kappa shape index (κ2) is 12.0. The molecule has 1 aromatic carbocycles. The van der Waals surface area contributed by atoms with E-state index >= 15 is 0 Å². The first-order chi connectivity index (χ1) is 16.0. The van der Waals surface area contributed by atoms with Gasteiger partial charge in [-0.05, 0) is 17.7 Å². The maximum Gasteiger partial charge on any atom is 0.307 e. The molecule has 34 heavy (non-hydrogen) atoms. The molecule has 0 radical (unpaired) electrons. The number of ether oxygens (including phenoxy) is 5. The zero-order valence-electron chi connectivity index (χ0n) is 19.1. The van der Waals surface area contributed by atoms with Gasteiger partial charge in [-0.2, -0.15) is 0 Å². The molecule has 12 nitrogen and oxygen atoms in total. The van der Waals surface area contributed by atoms with Gasteiger partial charge in [-0.1, -0.05) is 12.1 Å². The minimum Gasteiger partial charge on any atom is -0.481 e. The highest BCUT2D eigenvalue weighted by molar-refractivity contribution is 5.74. The smallest absolute Gasteiger partial charge is 0.307 e. The van der Waals surface area contributed by atoms with Crippen LogP contribution in [0.1, 0.15) is 33.3 Å². The van der Waals surface area contributed by atoms with E-state index in [4.69, 9.17) is 28.8 Å². The SMILES string of the molecule is CC(=O)NC1C(Oc2ccc(CC(=O)O)cc2)OC(COC(C)=O)C(OC(C)=O)C1OC(C)=O. The monoisotopic (exact) mass is 481 g/mol. The maximum absolute atomic E-state index is 11.9. The van der Waals surface area contributed by atoms with Crippen LogP contribution in [0, 0.1) is 0 Å². The molecule has 1 heterocycles. The summed E-state index contributed by atoms with van der Waals surface area (Å²) in [7, 11) is 0. The van der Waals surface area contributed by atoms with Crippen LogP contribution in [0.5, 0.6) is 5.75 Å². The summed E-state index contributed by atoms with van der Waals surface area (Å²) in [6.07, 6.45) is -5.01. The summed E-state index contributed by atoms with van der Waals surface area (Å²) in [5.74, 6) is -3.30. The number of amides is 1.